The van der Waals surface area contributed by atoms with Crippen LogP contribution in [-0.2, 0) is 19.9 Å². The topological polar surface area (TPSA) is 80.3 Å². The normalized spacial score (nSPS) is 20.9. The standard InChI is InChI=1S/C30H41N3O5/c1-21(2)27(38-24-10-8-9-23(19-24)36-4)15-18-32-16-13-22(14-17-32)33-26-12-7-6-11-25(26)30(37-5,29(33)35)20-28(34)31-3/h6-12,19,21-22,27H,13-18,20H2,1-5H3,(H,31,34). The summed E-state index contributed by atoms with van der Waals surface area (Å²) in [6, 6.07) is 15.5. The number of nitrogens with one attached hydrogen (secondary N) is 1. The van der Waals surface area contributed by atoms with Crippen LogP contribution in [0.4, 0.5) is 5.69 Å². The molecule has 0 spiro atoms. The summed E-state index contributed by atoms with van der Waals surface area (Å²) >= 11 is 0. The molecule has 2 amide bonds. The number of methoxy groups -OCH3 is 2. The number of carbonyl (C=O) groups is 2. The molecule has 2 aliphatic rings. The number of hydrogen-bond donors (Lipinski definition) is 1. The third-order valence-electron chi connectivity index (χ3n) is 7.92. The number of hydrogen-bond acceptors (Lipinski definition) is 6. The number of piperidine rings is 1. The van der Waals surface area contributed by atoms with E-state index >= 15 is 0 Å². The number of benzene rings is 2. The fraction of sp³-hybridized carbons (Fsp3) is 0.533. The second-order valence-electron chi connectivity index (χ2n) is 10.5. The lowest BCUT2D eigenvalue weighted by molar-refractivity contribution is -0.146. The number of likely N-dealkylation sites (tertiary alicyclic amines) is 1. The van der Waals surface area contributed by atoms with Gasteiger partial charge in [0.2, 0.25) is 5.91 Å². The third kappa shape index (κ3) is 5.66. The molecule has 2 heterocycles. The van der Waals surface area contributed by atoms with Crippen molar-refractivity contribution < 1.29 is 23.8 Å². The molecule has 1 N–H and O–H groups in total. The van der Waals surface area contributed by atoms with Crippen molar-refractivity contribution >= 4 is 17.5 Å². The van der Waals surface area contributed by atoms with Crippen LogP contribution in [0.15, 0.2) is 48.5 Å². The minimum absolute atomic E-state index is 0.0327. The van der Waals surface area contributed by atoms with Crippen LogP contribution in [0.25, 0.3) is 0 Å². The van der Waals surface area contributed by atoms with Crippen molar-refractivity contribution in [3.05, 3.63) is 54.1 Å². The van der Waals surface area contributed by atoms with Crippen LogP contribution < -0.4 is 19.7 Å². The molecule has 1 fully saturated rings. The summed E-state index contributed by atoms with van der Waals surface area (Å²) in [6.07, 6.45) is 2.71. The maximum absolute atomic E-state index is 13.8. The van der Waals surface area contributed by atoms with Crippen LogP contribution in [-0.4, -0.2) is 69.8 Å². The van der Waals surface area contributed by atoms with Crippen molar-refractivity contribution in [3.63, 3.8) is 0 Å². The SMILES string of the molecule is CNC(=O)CC1(OC)C(=O)N(C2CCN(CCC(Oc3cccc(OC)c3)C(C)C)CC2)c2ccccc21. The van der Waals surface area contributed by atoms with Gasteiger partial charge in [0, 0.05) is 51.5 Å². The maximum atomic E-state index is 13.8. The van der Waals surface area contributed by atoms with Gasteiger partial charge in [-0.3, -0.25) is 9.59 Å². The molecule has 0 aliphatic carbocycles. The zero-order valence-electron chi connectivity index (χ0n) is 23.2. The Labute approximate surface area is 226 Å². The Morgan fingerprint density at radius 3 is 2.45 bits per heavy atom. The lowest BCUT2D eigenvalue weighted by Gasteiger charge is -2.38. The van der Waals surface area contributed by atoms with E-state index in [1.54, 1.807) is 14.2 Å². The summed E-state index contributed by atoms with van der Waals surface area (Å²) in [5, 5.41) is 2.64. The van der Waals surface area contributed by atoms with E-state index in [1.165, 1.54) is 7.11 Å². The molecule has 0 saturated carbocycles. The Hall–Kier alpha value is -3.10. The first-order valence-corrected chi connectivity index (χ1v) is 13.5. The molecule has 0 radical (unpaired) electrons. The Morgan fingerprint density at radius 1 is 1.08 bits per heavy atom. The fourth-order valence-electron chi connectivity index (χ4n) is 5.65. The summed E-state index contributed by atoms with van der Waals surface area (Å²) in [5.41, 5.74) is 0.344. The smallest absolute Gasteiger partial charge is 0.264 e. The average Bonchev–Trinajstić information content (AvgIpc) is 3.18. The van der Waals surface area contributed by atoms with Crippen LogP contribution in [0.5, 0.6) is 11.5 Å². The van der Waals surface area contributed by atoms with Gasteiger partial charge >= 0.3 is 0 Å². The summed E-state index contributed by atoms with van der Waals surface area (Å²) < 4.78 is 17.5. The molecule has 2 unspecified atom stereocenters. The number of para-hydroxylation sites is 1. The second-order valence-corrected chi connectivity index (χ2v) is 10.5. The van der Waals surface area contributed by atoms with E-state index in [0.29, 0.717) is 5.92 Å². The Balaban J connectivity index is 1.39. The van der Waals surface area contributed by atoms with E-state index in [9.17, 15) is 9.59 Å². The number of ether oxygens (including phenoxy) is 3. The molecule has 1 saturated heterocycles. The van der Waals surface area contributed by atoms with Crippen molar-refractivity contribution in [1.82, 2.24) is 10.2 Å². The van der Waals surface area contributed by atoms with Crippen LogP contribution in [0.1, 0.15) is 45.1 Å². The highest BCUT2D eigenvalue weighted by Crippen LogP contribution is 2.46. The molecule has 38 heavy (non-hydrogen) atoms. The second kappa shape index (κ2) is 12.2. The third-order valence-corrected chi connectivity index (χ3v) is 7.92. The predicted octanol–water partition coefficient (Wildman–Crippen LogP) is 3.98. The van der Waals surface area contributed by atoms with Gasteiger partial charge in [-0.25, -0.2) is 0 Å². The van der Waals surface area contributed by atoms with Crippen LogP contribution in [0.3, 0.4) is 0 Å². The number of rotatable bonds is 11. The van der Waals surface area contributed by atoms with E-state index in [-0.39, 0.29) is 30.4 Å². The molecule has 0 aromatic heterocycles. The van der Waals surface area contributed by atoms with Crippen LogP contribution in [0, 0.1) is 5.92 Å². The molecular weight excluding hydrogens is 482 g/mol. The quantitative estimate of drug-likeness (QED) is 0.480. The summed E-state index contributed by atoms with van der Waals surface area (Å²) in [5.74, 6) is 1.63. The number of carbonyl (C=O) groups excluding carboxylic acids is 2. The van der Waals surface area contributed by atoms with E-state index < -0.39 is 5.60 Å². The van der Waals surface area contributed by atoms with Gasteiger partial charge in [0.05, 0.1) is 19.2 Å². The Bertz CT molecular complexity index is 1110. The Morgan fingerprint density at radius 2 is 1.79 bits per heavy atom. The van der Waals surface area contributed by atoms with Gasteiger partial charge < -0.3 is 29.3 Å². The highest BCUT2D eigenvalue weighted by Gasteiger charge is 2.54. The fourth-order valence-corrected chi connectivity index (χ4v) is 5.65. The first-order valence-electron chi connectivity index (χ1n) is 13.5. The van der Waals surface area contributed by atoms with Crippen LogP contribution in [0.2, 0.25) is 0 Å². The highest BCUT2D eigenvalue weighted by atomic mass is 16.5. The summed E-state index contributed by atoms with van der Waals surface area (Å²) in [7, 11) is 4.76. The minimum Gasteiger partial charge on any atom is -0.497 e. The van der Waals surface area contributed by atoms with Crippen molar-refractivity contribution in [1.29, 1.82) is 0 Å². The number of amides is 2. The molecule has 2 aromatic carbocycles. The zero-order chi connectivity index (χ0) is 27.3. The average molecular weight is 524 g/mol. The van der Waals surface area contributed by atoms with Gasteiger partial charge in [-0.1, -0.05) is 38.1 Å². The van der Waals surface area contributed by atoms with Gasteiger partial charge in [0.1, 0.15) is 17.6 Å². The molecule has 8 nitrogen and oxygen atoms in total. The minimum atomic E-state index is -1.28. The molecule has 2 atom stereocenters. The lowest BCUT2D eigenvalue weighted by atomic mass is 9.91. The van der Waals surface area contributed by atoms with E-state index in [4.69, 9.17) is 14.2 Å². The molecule has 0 bridgehead atoms. The molecule has 206 valence electrons. The van der Waals surface area contributed by atoms with E-state index in [2.05, 4.69) is 24.1 Å². The van der Waals surface area contributed by atoms with Crippen molar-refractivity contribution in [2.24, 2.45) is 5.92 Å². The van der Waals surface area contributed by atoms with Gasteiger partial charge in [-0.05, 0) is 43.4 Å². The summed E-state index contributed by atoms with van der Waals surface area (Å²) in [4.78, 5) is 30.5. The van der Waals surface area contributed by atoms with Gasteiger partial charge in [0.15, 0.2) is 5.60 Å². The molecule has 2 aromatic rings. The number of fused-ring (bicyclic) bond motifs is 1. The molecule has 4 rings (SSSR count). The van der Waals surface area contributed by atoms with E-state index in [0.717, 1.165) is 61.6 Å². The Kier molecular flexibility index (Phi) is 8.95. The monoisotopic (exact) mass is 523 g/mol. The molecular formula is C30H41N3O5. The lowest BCUT2D eigenvalue weighted by Crippen LogP contribution is -2.51. The van der Waals surface area contributed by atoms with Gasteiger partial charge in [-0.15, -0.1) is 0 Å². The van der Waals surface area contributed by atoms with Crippen molar-refractivity contribution in [2.75, 3.05) is 45.8 Å². The summed E-state index contributed by atoms with van der Waals surface area (Å²) in [6.45, 7) is 7.11. The molecule has 8 heteroatoms. The van der Waals surface area contributed by atoms with Gasteiger partial charge in [-0.2, -0.15) is 0 Å². The first kappa shape index (κ1) is 27.9. The van der Waals surface area contributed by atoms with Gasteiger partial charge in [0.25, 0.3) is 5.91 Å². The molecule has 2 aliphatic heterocycles. The van der Waals surface area contributed by atoms with Crippen molar-refractivity contribution in [2.45, 2.75) is 57.3 Å². The maximum Gasteiger partial charge on any atom is 0.264 e. The predicted molar refractivity (Wildman–Crippen MR) is 148 cm³/mol. The zero-order valence-corrected chi connectivity index (χ0v) is 23.2. The number of nitrogens with zero attached hydrogens (tertiary/aromatic N) is 2. The van der Waals surface area contributed by atoms with Crippen LogP contribution >= 0.6 is 0 Å². The first-order chi connectivity index (χ1) is 18.3. The van der Waals surface area contributed by atoms with E-state index in [1.807, 2.05) is 53.4 Å². The van der Waals surface area contributed by atoms with Crippen molar-refractivity contribution in [3.8, 4) is 11.5 Å². The largest absolute Gasteiger partial charge is 0.497 e. The highest BCUT2D eigenvalue weighted by molar-refractivity contribution is 6.09. The number of anilines is 1.